The Hall–Kier alpha value is -0.890. The van der Waals surface area contributed by atoms with Gasteiger partial charge in [-0.3, -0.25) is 0 Å². The predicted molar refractivity (Wildman–Crippen MR) is 80.9 cm³/mol. The summed E-state index contributed by atoms with van der Waals surface area (Å²) in [6.45, 7) is 8.53. The third-order valence-electron chi connectivity index (χ3n) is 3.32. The van der Waals surface area contributed by atoms with Crippen LogP contribution in [0.5, 0.6) is 0 Å². The average Bonchev–Trinajstić information content (AvgIpc) is 2.34. The molecule has 0 radical (unpaired) electrons. The summed E-state index contributed by atoms with van der Waals surface area (Å²) in [6, 6.07) is 1.31. The van der Waals surface area contributed by atoms with Crippen molar-refractivity contribution >= 4 is 27.4 Å². The van der Waals surface area contributed by atoms with Crippen LogP contribution in [0.2, 0.25) is 5.02 Å². The number of halogens is 1. The van der Waals surface area contributed by atoms with Crippen molar-refractivity contribution in [1.82, 2.24) is 9.71 Å². The highest BCUT2D eigenvalue weighted by molar-refractivity contribution is 7.89. The van der Waals surface area contributed by atoms with E-state index in [1.807, 2.05) is 6.92 Å². The molecule has 1 aromatic rings. The smallest absolute Gasteiger partial charge is 0.242 e. The molecule has 0 fully saturated rings. The van der Waals surface area contributed by atoms with E-state index in [1.54, 1.807) is 0 Å². The van der Waals surface area contributed by atoms with E-state index in [2.05, 4.69) is 35.9 Å². The third-order valence-corrected chi connectivity index (χ3v) is 5.00. The van der Waals surface area contributed by atoms with E-state index in [0.717, 1.165) is 0 Å². The van der Waals surface area contributed by atoms with Gasteiger partial charge in [-0.25, -0.2) is 24.0 Å². The number of rotatable bonds is 5. The van der Waals surface area contributed by atoms with Crippen LogP contribution in [0.1, 0.15) is 27.7 Å². The van der Waals surface area contributed by atoms with E-state index in [9.17, 15) is 8.42 Å². The van der Waals surface area contributed by atoms with E-state index in [-0.39, 0.29) is 27.1 Å². The van der Waals surface area contributed by atoms with Crippen LogP contribution in [0.25, 0.3) is 0 Å². The molecule has 0 aliphatic carbocycles. The van der Waals surface area contributed by atoms with Gasteiger partial charge < -0.3 is 5.43 Å². The molecular formula is C12H21ClN4O2S. The highest BCUT2D eigenvalue weighted by atomic mass is 35.5. The summed E-state index contributed by atoms with van der Waals surface area (Å²) in [4.78, 5) is 3.87. The molecule has 20 heavy (non-hydrogen) atoms. The fraction of sp³-hybridized carbons (Fsp3) is 0.583. The molecule has 0 aromatic carbocycles. The fourth-order valence-electron chi connectivity index (χ4n) is 1.30. The summed E-state index contributed by atoms with van der Waals surface area (Å²) in [7, 11) is -3.63. The molecule has 1 heterocycles. The molecule has 0 amide bonds. The Balaban J connectivity index is 2.87. The molecule has 114 valence electrons. The topological polar surface area (TPSA) is 97.1 Å². The first kappa shape index (κ1) is 17.2. The SMILES string of the molecule is CC(CNS(=O)(=O)c1cnc(NN)c(Cl)c1)C(C)(C)C. The highest BCUT2D eigenvalue weighted by Gasteiger charge is 2.23. The molecule has 1 unspecified atom stereocenters. The molecule has 0 spiro atoms. The summed E-state index contributed by atoms with van der Waals surface area (Å²) < 4.78 is 26.9. The molecule has 1 aromatic heterocycles. The maximum absolute atomic E-state index is 12.2. The molecule has 0 bridgehead atoms. The lowest BCUT2D eigenvalue weighted by molar-refractivity contribution is 0.263. The molecule has 4 N–H and O–H groups in total. The number of anilines is 1. The lowest BCUT2D eigenvalue weighted by Gasteiger charge is -2.27. The van der Waals surface area contributed by atoms with E-state index in [0.29, 0.717) is 6.54 Å². The maximum atomic E-state index is 12.2. The summed E-state index contributed by atoms with van der Waals surface area (Å²) in [5.74, 6) is 5.61. The predicted octanol–water partition coefficient (Wildman–Crippen LogP) is 1.98. The van der Waals surface area contributed by atoms with Crippen LogP contribution in [-0.2, 0) is 10.0 Å². The fourth-order valence-corrected chi connectivity index (χ4v) is 2.68. The van der Waals surface area contributed by atoms with Gasteiger partial charge in [0.25, 0.3) is 0 Å². The van der Waals surface area contributed by atoms with Gasteiger partial charge in [0.15, 0.2) is 5.82 Å². The van der Waals surface area contributed by atoms with Crippen LogP contribution in [0.4, 0.5) is 5.82 Å². The van der Waals surface area contributed by atoms with E-state index in [4.69, 9.17) is 17.4 Å². The summed E-state index contributed by atoms with van der Waals surface area (Å²) >= 11 is 5.87. The number of hydrogen-bond acceptors (Lipinski definition) is 5. The molecule has 0 aliphatic heterocycles. The van der Waals surface area contributed by atoms with Crippen molar-refractivity contribution in [3.05, 3.63) is 17.3 Å². The van der Waals surface area contributed by atoms with Crippen LogP contribution < -0.4 is 16.0 Å². The van der Waals surface area contributed by atoms with Gasteiger partial charge in [0.05, 0.1) is 5.02 Å². The van der Waals surface area contributed by atoms with E-state index < -0.39 is 10.0 Å². The number of hydrazine groups is 1. The van der Waals surface area contributed by atoms with Gasteiger partial charge in [-0.1, -0.05) is 39.3 Å². The van der Waals surface area contributed by atoms with Gasteiger partial charge in [0, 0.05) is 12.7 Å². The number of pyridine rings is 1. The van der Waals surface area contributed by atoms with Crippen molar-refractivity contribution in [2.24, 2.45) is 17.2 Å². The first-order valence-corrected chi connectivity index (χ1v) is 8.06. The molecule has 0 aliphatic rings. The standard InChI is InChI=1S/C12H21ClN4O2S/c1-8(12(2,3)4)6-16-20(18,19)9-5-10(13)11(17-14)15-7-9/h5,7-8,16H,6,14H2,1-4H3,(H,15,17). The van der Waals surface area contributed by atoms with Gasteiger partial charge in [-0.15, -0.1) is 0 Å². The minimum absolute atomic E-state index is 0.0163. The van der Waals surface area contributed by atoms with Crippen molar-refractivity contribution in [2.75, 3.05) is 12.0 Å². The number of nitrogens with zero attached hydrogens (tertiary/aromatic N) is 1. The third kappa shape index (κ3) is 4.31. The number of nitrogens with one attached hydrogen (secondary N) is 2. The first-order chi connectivity index (χ1) is 9.08. The Bertz CT molecular complexity index is 569. The Morgan fingerprint density at radius 2 is 2.05 bits per heavy atom. The highest BCUT2D eigenvalue weighted by Crippen LogP contribution is 2.25. The van der Waals surface area contributed by atoms with Crippen LogP contribution in [0.3, 0.4) is 0 Å². The Morgan fingerprint density at radius 1 is 1.45 bits per heavy atom. The second-order valence-electron chi connectivity index (χ2n) is 5.76. The number of sulfonamides is 1. The largest absolute Gasteiger partial charge is 0.307 e. The number of hydrogen-bond donors (Lipinski definition) is 3. The van der Waals surface area contributed by atoms with E-state index >= 15 is 0 Å². The number of nitrogen functional groups attached to an aromatic ring is 1. The second kappa shape index (κ2) is 6.26. The van der Waals surface area contributed by atoms with Crippen molar-refractivity contribution in [3.8, 4) is 0 Å². The second-order valence-corrected chi connectivity index (χ2v) is 7.94. The van der Waals surface area contributed by atoms with E-state index in [1.165, 1.54) is 12.3 Å². The lowest BCUT2D eigenvalue weighted by Crippen LogP contribution is -2.33. The minimum atomic E-state index is -3.63. The molecular weight excluding hydrogens is 300 g/mol. The van der Waals surface area contributed by atoms with Crippen LogP contribution in [0.15, 0.2) is 17.2 Å². The molecule has 0 saturated carbocycles. The molecule has 6 nitrogen and oxygen atoms in total. The summed E-state index contributed by atoms with van der Waals surface area (Å²) in [5.41, 5.74) is 2.31. The molecule has 0 saturated heterocycles. The normalized spacial score (nSPS) is 14.1. The van der Waals surface area contributed by atoms with Gasteiger partial charge in [-0.2, -0.15) is 0 Å². The monoisotopic (exact) mass is 320 g/mol. The van der Waals surface area contributed by atoms with Gasteiger partial charge >= 0.3 is 0 Å². The minimum Gasteiger partial charge on any atom is -0.307 e. The zero-order valence-electron chi connectivity index (χ0n) is 12.1. The molecule has 8 heteroatoms. The number of nitrogens with two attached hydrogens (primary N) is 1. The Morgan fingerprint density at radius 3 is 2.50 bits per heavy atom. The first-order valence-electron chi connectivity index (χ1n) is 6.19. The Kier molecular flexibility index (Phi) is 5.37. The van der Waals surface area contributed by atoms with Crippen LogP contribution in [0, 0.1) is 11.3 Å². The van der Waals surface area contributed by atoms with Crippen molar-refractivity contribution in [2.45, 2.75) is 32.6 Å². The zero-order chi connectivity index (χ0) is 15.6. The van der Waals surface area contributed by atoms with Gasteiger partial charge in [-0.05, 0) is 17.4 Å². The Labute approximate surface area is 125 Å². The zero-order valence-corrected chi connectivity index (χ0v) is 13.6. The number of aromatic nitrogens is 1. The van der Waals surface area contributed by atoms with Gasteiger partial charge in [0.1, 0.15) is 4.90 Å². The van der Waals surface area contributed by atoms with Crippen LogP contribution >= 0.6 is 11.6 Å². The van der Waals surface area contributed by atoms with Gasteiger partial charge in [0.2, 0.25) is 10.0 Å². The average molecular weight is 321 g/mol. The summed E-state index contributed by atoms with van der Waals surface area (Å²) in [5, 5.41) is 0.152. The van der Waals surface area contributed by atoms with Crippen LogP contribution in [-0.4, -0.2) is 19.9 Å². The lowest BCUT2D eigenvalue weighted by atomic mass is 9.82. The molecule has 1 atom stereocenters. The summed E-state index contributed by atoms with van der Waals surface area (Å²) in [6.07, 6.45) is 1.21. The maximum Gasteiger partial charge on any atom is 0.242 e. The quantitative estimate of drug-likeness (QED) is 0.569. The van der Waals surface area contributed by atoms with Crippen molar-refractivity contribution < 1.29 is 8.42 Å². The van der Waals surface area contributed by atoms with Crippen molar-refractivity contribution in [1.29, 1.82) is 0 Å². The molecule has 1 rings (SSSR count). The van der Waals surface area contributed by atoms with Crippen molar-refractivity contribution in [3.63, 3.8) is 0 Å².